The zero-order chi connectivity index (χ0) is 19.7. The fraction of sp³-hybridized carbons (Fsp3) is 0.174. The van der Waals surface area contributed by atoms with Crippen LogP contribution in [0.1, 0.15) is 18.1 Å². The Bertz CT molecular complexity index is 1150. The van der Waals surface area contributed by atoms with Gasteiger partial charge in [-0.15, -0.1) is 0 Å². The molecule has 0 aliphatic rings. The molecule has 0 radical (unpaired) electrons. The Morgan fingerprint density at radius 3 is 2.75 bits per heavy atom. The van der Waals surface area contributed by atoms with Crippen LogP contribution in [0, 0.1) is 6.92 Å². The van der Waals surface area contributed by atoms with Crippen molar-refractivity contribution in [1.82, 2.24) is 9.38 Å². The van der Waals surface area contributed by atoms with Gasteiger partial charge in [-0.2, -0.15) is 0 Å². The van der Waals surface area contributed by atoms with E-state index in [1.54, 1.807) is 19.2 Å². The third-order valence-electron chi connectivity index (χ3n) is 4.97. The smallest absolute Gasteiger partial charge is 0.161 e. The molecule has 2 aromatic heterocycles. The first-order chi connectivity index (χ1) is 13.6. The largest absolute Gasteiger partial charge is 0.504 e. The standard InChI is InChI=1S/C23H23N3O2/c1-4-16-9-7-8-15(2)21(16)25-23-22(24-20-10-5-6-13-26(20)23)17-11-12-18(27)19(14-17)28-3/h5-14,25,27H,4H2,1-3H3. The van der Waals surface area contributed by atoms with Crippen molar-refractivity contribution in [2.75, 3.05) is 12.4 Å². The highest BCUT2D eigenvalue weighted by molar-refractivity contribution is 5.82. The zero-order valence-electron chi connectivity index (χ0n) is 16.2. The number of phenolic OH excluding ortho intramolecular Hbond substituents is 1. The predicted molar refractivity (Wildman–Crippen MR) is 113 cm³/mol. The molecule has 0 fully saturated rings. The van der Waals surface area contributed by atoms with Crippen LogP contribution >= 0.6 is 0 Å². The molecule has 0 amide bonds. The van der Waals surface area contributed by atoms with Gasteiger partial charge in [0.15, 0.2) is 11.5 Å². The SMILES string of the molecule is CCc1cccc(C)c1Nc1c(-c2ccc(O)c(OC)c2)nc2ccccn12. The molecule has 5 heteroatoms. The number of rotatable bonds is 5. The number of benzene rings is 2. The average Bonchev–Trinajstić information content (AvgIpc) is 3.08. The summed E-state index contributed by atoms with van der Waals surface area (Å²) in [6.45, 7) is 4.26. The molecule has 0 saturated carbocycles. The summed E-state index contributed by atoms with van der Waals surface area (Å²) in [5, 5.41) is 13.6. The molecule has 2 aromatic carbocycles. The normalized spacial score (nSPS) is 11.0. The van der Waals surface area contributed by atoms with E-state index in [4.69, 9.17) is 9.72 Å². The molecule has 0 unspecified atom stereocenters. The summed E-state index contributed by atoms with van der Waals surface area (Å²) < 4.78 is 7.33. The van der Waals surface area contributed by atoms with Crippen LogP contribution in [0.5, 0.6) is 11.5 Å². The average molecular weight is 373 g/mol. The Balaban J connectivity index is 1.92. The number of anilines is 2. The van der Waals surface area contributed by atoms with E-state index in [1.165, 1.54) is 11.1 Å². The second kappa shape index (κ2) is 7.27. The second-order valence-corrected chi connectivity index (χ2v) is 6.71. The fourth-order valence-electron chi connectivity index (χ4n) is 3.46. The lowest BCUT2D eigenvalue weighted by Crippen LogP contribution is -2.02. The van der Waals surface area contributed by atoms with E-state index < -0.39 is 0 Å². The first-order valence-corrected chi connectivity index (χ1v) is 9.32. The molecule has 0 saturated heterocycles. The van der Waals surface area contributed by atoms with Crippen molar-refractivity contribution in [2.24, 2.45) is 0 Å². The maximum atomic E-state index is 9.96. The zero-order valence-corrected chi connectivity index (χ0v) is 16.2. The first kappa shape index (κ1) is 17.9. The van der Waals surface area contributed by atoms with Crippen molar-refractivity contribution < 1.29 is 9.84 Å². The molecule has 142 valence electrons. The highest BCUT2D eigenvalue weighted by atomic mass is 16.5. The minimum atomic E-state index is 0.108. The molecule has 0 aliphatic carbocycles. The van der Waals surface area contributed by atoms with Crippen LogP contribution in [0.2, 0.25) is 0 Å². The van der Waals surface area contributed by atoms with Crippen LogP contribution < -0.4 is 10.1 Å². The lowest BCUT2D eigenvalue weighted by Gasteiger charge is -2.15. The van der Waals surface area contributed by atoms with E-state index in [9.17, 15) is 5.11 Å². The van der Waals surface area contributed by atoms with Crippen LogP contribution in [-0.2, 0) is 6.42 Å². The number of nitrogens with zero attached hydrogens (tertiary/aromatic N) is 2. The Labute approximate surface area is 164 Å². The summed E-state index contributed by atoms with van der Waals surface area (Å²) >= 11 is 0. The third-order valence-corrected chi connectivity index (χ3v) is 4.97. The van der Waals surface area contributed by atoms with Gasteiger partial charge in [0.1, 0.15) is 17.2 Å². The molecule has 0 bridgehead atoms. The molecule has 0 atom stereocenters. The molecule has 0 spiro atoms. The first-order valence-electron chi connectivity index (χ1n) is 9.32. The van der Waals surface area contributed by atoms with Crippen molar-refractivity contribution in [3.63, 3.8) is 0 Å². The number of fused-ring (bicyclic) bond motifs is 1. The van der Waals surface area contributed by atoms with Gasteiger partial charge in [-0.05, 0) is 54.8 Å². The number of para-hydroxylation sites is 1. The van der Waals surface area contributed by atoms with Crippen LogP contribution in [0.4, 0.5) is 11.5 Å². The van der Waals surface area contributed by atoms with Crippen LogP contribution in [0.3, 0.4) is 0 Å². The van der Waals surface area contributed by atoms with E-state index in [-0.39, 0.29) is 5.75 Å². The minimum Gasteiger partial charge on any atom is -0.504 e. The molecule has 0 aliphatic heterocycles. The number of imidazole rings is 1. The molecular formula is C23H23N3O2. The van der Waals surface area contributed by atoms with Crippen LogP contribution in [-0.4, -0.2) is 21.6 Å². The molecule has 5 nitrogen and oxygen atoms in total. The van der Waals surface area contributed by atoms with Gasteiger partial charge in [0.05, 0.1) is 7.11 Å². The summed E-state index contributed by atoms with van der Waals surface area (Å²) in [4.78, 5) is 4.83. The van der Waals surface area contributed by atoms with Gasteiger partial charge in [-0.25, -0.2) is 4.98 Å². The molecule has 2 heterocycles. The minimum absolute atomic E-state index is 0.108. The van der Waals surface area contributed by atoms with E-state index in [2.05, 4.69) is 37.4 Å². The Morgan fingerprint density at radius 2 is 1.96 bits per heavy atom. The topological polar surface area (TPSA) is 58.8 Å². The number of pyridine rings is 1. The van der Waals surface area contributed by atoms with Crippen LogP contribution in [0.15, 0.2) is 60.8 Å². The molecule has 4 rings (SSSR count). The number of ether oxygens (including phenoxy) is 1. The van der Waals surface area contributed by atoms with E-state index in [0.717, 1.165) is 34.8 Å². The number of aryl methyl sites for hydroxylation is 2. The summed E-state index contributed by atoms with van der Waals surface area (Å²) in [7, 11) is 1.54. The Morgan fingerprint density at radius 1 is 1.11 bits per heavy atom. The number of hydrogen-bond donors (Lipinski definition) is 2. The fourth-order valence-corrected chi connectivity index (χ4v) is 3.46. The summed E-state index contributed by atoms with van der Waals surface area (Å²) in [5.41, 5.74) is 6.04. The Hall–Kier alpha value is -3.47. The van der Waals surface area contributed by atoms with Gasteiger partial charge >= 0.3 is 0 Å². The molecule has 28 heavy (non-hydrogen) atoms. The van der Waals surface area contributed by atoms with Gasteiger partial charge in [0, 0.05) is 17.4 Å². The van der Waals surface area contributed by atoms with Crippen LogP contribution in [0.25, 0.3) is 16.9 Å². The van der Waals surface area contributed by atoms with Gasteiger partial charge in [-0.1, -0.05) is 31.2 Å². The van der Waals surface area contributed by atoms with Crippen molar-refractivity contribution in [3.05, 3.63) is 71.9 Å². The summed E-state index contributed by atoms with van der Waals surface area (Å²) in [6.07, 6.45) is 2.93. The molecule has 2 N–H and O–H groups in total. The predicted octanol–water partition coefficient (Wildman–Crippen LogP) is 5.33. The van der Waals surface area contributed by atoms with E-state index >= 15 is 0 Å². The number of hydrogen-bond acceptors (Lipinski definition) is 4. The maximum Gasteiger partial charge on any atom is 0.161 e. The van der Waals surface area contributed by atoms with E-state index in [1.807, 2.05) is 34.9 Å². The second-order valence-electron chi connectivity index (χ2n) is 6.71. The maximum absolute atomic E-state index is 9.96. The summed E-state index contributed by atoms with van der Waals surface area (Å²) in [6, 6.07) is 17.6. The lowest BCUT2D eigenvalue weighted by atomic mass is 10.1. The molecular weight excluding hydrogens is 350 g/mol. The molecule has 4 aromatic rings. The number of nitrogens with one attached hydrogen (secondary N) is 1. The monoisotopic (exact) mass is 373 g/mol. The highest BCUT2D eigenvalue weighted by Gasteiger charge is 2.17. The van der Waals surface area contributed by atoms with Gasteiger partial charge in [0.25, 0.3) is 0 Å². The van der Waals surface area contributed by atoms with Crippen molar-refractivity contribution in [2.45, 2.75) is 20.3 Å². The van der Waals surface area contributed by atoms with E-state index in [0.29, 0.717) is 5.75 Å². The summed E-state index contributed by atoms with van der Waals surface area (Å²) in [5.74, 6) is 1.41. The number of phenols is 1. The quantitative estimate of drug-likeness (QED) is 0.496. The van der Waals surface area contributed by atoms with Crippen molar-refractivity contribution in [3.8, 4) is 22.8 Å². The lowest BCUT2D eigenvalue weighted by molar-refractivity contribution is 0.373. The number of aromatic nitrogens is 2. The van der Waals surface area contributed by atoms with Crippen molar-refractivity contribution >= 4 is 17.2 Å². The number of methoxy groups -OCH3 is 1. The van der Waals surface area contributed by atoms with Gasteiger partial charge in [0.2, 0.25) is 0 Å². The van der Waals surface area contributed by atoms with Gasteiger partial charge < -0.3 is 15.2 Å². The highest BCUT2D eigenvalue weighted by Crippen LogP contribution is 2.37. The third kappa shape index (κ3) is 3.05. The number of aromatic hydroxyl groups is 1. The van der Waals surface area contributed by atoms with Gasteiger partial charge in [-0.3, -0.25) is 4.40 Å². The van der Waals surface area contributed by atoms with Crippen molar-refractivity contribution in [1.29, 1.82) is 0 Å². The Kier molecular flexibility index (Phi) is 4.65.